The summed E-state index contributed by atoms with van der Waals surface area (Å²) >= 11 is 0. The lowest BCUT2D eigenvalue weighted by Gasteiger charge is -2.35. The van der Waals surface area contributed by atoms with Crippen LogP contribution in [0.2, 0.25) is 0 Å². The van der Waals surface area contributed by atoms with Crippen molar-refractivity contribution < 1.29 is 37.0 Å². The molecule has 1 aliphatic heterocycles. The second-order valence-electron chi connectivity index (χ2n) is 8.26. The Morgan fingerprint density at radius 1 is 1.06 bits per heavy atom. The van der Waals surface area contributed by atoms with Gasteiger partial charge >= 0.3 is 12.3 Å². The fourth-order valence-electron chi connectivity index (χ4n) is 3.68. The van der Waals surface area contributed by atoms with Crippen LogP contribution in [-0.4, -0.2) is 54.5 Å². The van der Waals surface area contributed by atoms with Gasteiger partial charge in [-0.3, -0.25) is 9.69 Å². The van der Waals surface area contributed by atoms with E-state index in [1.165, 1.54) is 19.1 Å². The van der Waals surface area contributed by atoms with Crippen LogP contribution in [0.25, 0.3) is 0 Å². The van der Waals surface area contributed by atoms with Gasteiger partial charge in [-0.2, -0.15) is 0 Å². The molecule has 10 heteroatoms. The topological polar surface area (TPSA) is 77.1 Å². The van der Waals surface area contributed by atoms with Gasteiger partial charge in [-0.15, -0.1) is 13.2 Å². The normalized spacial score (nSPS) is 19.8. The maximum atomic E-state index is 12.4. The third-order valence-electron chi connectivity index (χ3n) is 5.10. The highest BCUT2D eigenvalue weighted by Gasteiger charge is 2.31. The molecule has 1 fully saturated rings. The molecule has 2 aromatic rings. The van der Waals surface area contributed by atoms with Crippen LogP contribution in [0.4, 0.5) is 18.9 Å². The molecule has 34 heavy (non-hydrogen) atoms. The number of hydrogen-bond donors (Lipinski definition) is 1. The molecule has 3 rings (SSSR count). The maximum Gasteiger partial charge on any atom is 0.573 e. The fourth-order valence-corrected chi connectivity index (χ4v) is 3.68. The molecule has 0 aliphatic carbocycles. The fraction of sp³-hybridized carbons (Fsp3) is 0.417. The molecule has 1 N–H and O–H groups in total. The number of nitrogens with zero attached hydrogens (tertiary/aromatic N) is 1. The number of carbonyl (C=O) groups is 2. The number of esters is 1. The summed E-state index contributed by atoms with van der Waals surface area (Å²) in [4.78, 5) is 27.0. The summed E-state index contributed by atoms with van der Waals surface area (Å²) in [5.74, 6) is -1.69. The van der Waals surface area contributed by atoms with E-state index in [9.17, 15) is 22.8 Å². The number of rotatable bonds is 7. The van der Waals surface area contributed by atoms with Crippen molar-refractivity contribution in [2.24, 2.45) is 0 Å². The monoisotopic (exact) mass is 480 g/mol. The second kappa shape index (κ2) is 10.9. The standard InChI is InChI=1S/C24H27F3N2O5/c1-15-12-29(13-16(2)32-15)14-18-4-6-19(7-5-18)23(31)33-17(3)22(30)28-20-8-10-21(11-9-20)34-24(25,26)27/h4-11,15-17H,12-14H2,1-3H3,(H,28,30). The van der Waals surface area contributed by atoms with Gasteiger partial charge in [-0.1, -0.05) is 12.1 Å². The van der Waals surface area contributed by atoms with Crippen molar-refractivity contribution in [3.63, 3.8) is 0 Å². The lowest BCUT2D eigenvalue weighted by atomic mass is 10.1. The molecule has 0 spiro atoms. The van der Waals surface area contributed by atoms with Gasteiger partial charge in [0, 0.05) is 25.3 Å². The SMILES string of the molecule is CC1CN(Cc2ccc(C(=O)OC(C)C(=O)Nc3ccc(OC(F)(F)F)cc3)cc2)CC(C)O1. The summed E-state index contributed by atoms with van der Waals surface area (Å²) in [6, 6.07) is 11.6. The highest BCUT2D eigenvalue weighted by molar-refractivity contribution is 5.97. The average molecular weight is 480 g/mol. The molecule has 1 heterocycles. The molecular weight excluding hydrogens is 453 g/mol. The second-order valence-corrected chi connectivity index (χ2v) is 8.26. The number of anilines is 1. The third kappa shape index (κ3) is 7.74. The molecular formula is C24H27F3N2O5. The van der Waals surface area contributed by atoms with Crippen molar-refractivity contribution in [1.29, 1.82) is 0 Å². The Hall–Kier alpha value is -3.11. The van der Waals surface area contributed by atoms with E-state index in [0.717, 1.165) is 37.3 Å². The summed E-state index contributed by atoms with van der Waals surface area (Å²) in [7, 11) is 0. The van der Waals surface area contributed by atoms with Gasteiger partial charge in [0.1, 0.15) is 5.75 Å². The number of amides is 1. The molecule has 1 saturated heterocycles. The van der Waals surface area contributed by atoms with Crippen LogP contribution in [-0.2, 0) is 20.8 Å². The lowest BCUT2D eigenvalue weighted by Crippen LogP contribution is -2.44. The van der Waals surface area contributed by atoms with Crippen LogP contribution in [0.3, 0.4) is 0 Å². The molecule has 3 unspecified atom stereocenters. The molecule has 0 saturated carbocycles. The predicted molar refractivity (Wildman–Crippen MR) is 118 cm³/mol. The quantitative estimate of drug-likeness (QED) is 0.593. The van der Waals surface area contributed by atoms with Gasteiger partial charge in [-0.05, 0) is 62.7 Å². The van der Waals surface area contributed by atoms with Crippen LogP contribution < -0.4 is 10.1 Å². The zero-order chi connectivity index (χ0) is 24.9. The molecule has 0 bridgehead atoms. The Labute approximate surface area is 195 Å². The molecule has 1 amide bonds. The molecule has 7 nitrogen and oxygen atoms in total. The summed E-state index contributed by atoms with van der Waals surface area (Å²) in [6.45, 7) is 7.88. The zero-order valence-electron chi connectivity index (χ0n) is 19.1. The number of halogens is 3. The van der Waals surface area contributed by atoms with Crippen LogP contribution in [0.1, 0.15) is 36.7 Å². The molecule has 2 aromatic carbocycles. The van der Waals surface area contributed by atoms with E-state index < -0.39 is 30.1 Å². The summed E-state index contributed by atoms with van der Waals surface area (Å²) in [5, 5.41) is 2.48. The first-order valence-electron chi connectivity index (χ1n) is 10.8. The largest absolute Gasteiger partial charge is 0.573 e. The minimum absolute atomic E-state index is 0.164. The summed E-state index contributed by atoms with van der Waals surface area (Å²) in [6.07, 6.45) is -5.59. The number of hydrogen-bond acceptors (Lipinski definition) is 6. The average Bonchev–Trinajstić information content (AvgIpc) is 2.73. The summed E-state index contributed by atoms with van der Waals surface area (Å²) in [5.41, 5.74) is 1.58. The number of morpholine rings is 1. The zero-order valence-corrected chi connectivity index (χ0v) is 19.1. The van der Waals surface area contributed by atoms with Gasteiger partial charge in [0.15, 0.2) is 6.10 Å². The molecule has 1 aliphatic rings. The number of alkyl halides is 3. The van der Waals surface area contributed by atoms with Crippen molar-refractivity contribution in [3.8, 4) is 5.75 Å². The highest BCUT2D eigenvalue weighted by Crippen LogP contribution is 2.24. The van der Waals surface area contributed by atoms with Gasteiger partial charge < -0.3 is 19.5 Å². The van der Waals surface area contributed by atoms with E-state index in [-0.39, 0.29) is 17.9 Å². The molecule has 0 radical (unpaired) electrons. The molecule has 3 atom stereocenters. The van der Waals surface area contributed by atoms with Gasteiger partial charge in [0.25, 0.3) is 5.91 Å². The van der Waals surface area contributed by atoms with E-state index in [1.54, 1.807) is 12.1 Å². The first kappa shape index (κ1) is 25.5. The van der Waals surface area contributed by atoms with Crippen molar-refractivity contribution in [2.75, 3.05) is 18.4 Å². The van der Waals surface area contributed by atoms with E-state index in [2.05, 4.69) is 15.0 Å². The van der Waals surface area contributed by atoms with Crippen molar-refractivity contribution in [3.05, 3.63) is 59.7 Å². The highest BCUT2D eigenvalue weighted by atomic mass is 19.4. The van der Waals surface area contributed by atoms with E-state index in [0.29, 0.717) is 5.56 Å². The molecule has 184 valence electrons. The van der Waals surface area contributed by atoms with Crippen molar-refractivity contribution in [1.82, 2.24) is 4.90 Å². The smallest absolute Gasteiger partial charge is 0.449 e. The van der Waals surface area contributed by atoms with E-state index in [1.807, 2.05) is 26.0 Å². The van der Waals surface area contributed by atoms with Gasteiger partial charge in [0.05, 0.1) is 17.8 Å². The Bertz CT molecular complexity index is 970. The van der Waals surface area contributed by atoms with E-state index in [4.69, 9.17) is 9.47 Å². The molecule has 0 aromatic heterocycles. The lowest BCUT2D eigenvalue weighted by molar-refractivity contribution is -0.274. The minimum Gasteiger partial charge on any atom is -0.449 e. The first-order valence-corrected chi connectivity index (χ1v) is 10.8. The Morgan fingerprint density at radius 2 is 1.65 bits per heavy atom. The van der Waals surface area contributed by atoms with Crippen LogP contribution in [0.15, 0.2) is 48.5 Å². The Balaban J connectivity index is 1.50. The Kier molecular flexibility index (Phi) is 8.16. The number of ether oxygens (including phenoxy) is 3. The third-order valence-corrected chi connectivity index (χ3v) is 5.10. The van der Waals surface area contributed by atoms with Crippen molar-refractivity contribution >= 4 is 17.6 Å². The Morgan fingerprint density at radius 3 is 2.21 bits per heavy atom. The van der Waals surface area contributed by atoms with Crippen LogP contribution >= 0.6 is 0 Å². The van der Waals surface area contributed by atoms with Gasteiger partial charge in [0.2, 0.25) is 0 Å². The van der Waals surface area contributed by atoms with E-state index >= 15 is 0 Å². The number of nitrogens with one attached hydrogen (secondary N) is 1. The number of carbonyl (C=O) groups excluding carboxylic acids is 2. The first-order chi connectivity index (χ1) is 16.0. The van der Waals surface area contributed by atoms with Crippen LogP contribution in [0.5, 0.6) is 5.75 Å². The van der Waals surface area contributed by atoms with Gasteiger partial charge in [-0.25, -0.2) is 4.79 Å². The predicted octanol–water partition coefficient (Wildman–Crippen LogP) is 4.38. The number of benzene rings is 2. The maximum absolute atomic E-state index is 12.4. The summed E-state index contributed by atoms with van der Waals surface area (Å²) < 4.78 is 51.4. The van der Waals surface area contributed by atoms with Crippen molar-refractivity contribution in [2.45, 2.75) is 52.0 Å². The minimum atomic E-state index is -4.80. The van der Waals surface area contributed by atoms with Crippen LogP contribution in [0, 0.1) is 0 Å².